The summed E-state index contributed by atoms with van der Waals surface area (Å²) in [5, 5.41) is 3.23. The van der Waals surface area contributed by atoms with E-state index >= 15 is 0 Å². The second-order valence-corrected chi connectivity index (χ2v) is 12.7. The molecule has 0 unspecified atom stereocenters. The van der Waals surface area contributed by atoms with Crippen LogP contribution in [0.3, 0.4) is 0 Å². The molecule has 2 aliphatic heterocycles. The molecule has 2 fully saturated rings. The van der Waals surface area contributed by atoms with E-state index in [1.165, 1.54) is 34.9 Å². The van der Waals surface area contributed by atoms with Gasteiger partial charge in [0.15, 0.2) is 5.17 Å². The second-order valence-electron chi connectivity index (χ2n) is 9.91. The number of hydrogen-bond acceptors (Lipinski definition) is 8. The van der Waals surface area contributed by atoms with Crippen LogP contribution in [-0.2, 0) is 16.6 Å². The van der Waals surface area contributed by atoms with Crippen LogP contribution in [0.4, 0.5) is 16.5 Å². The Hall–Kier alpha value is -4.65. The monoisotopic (exact) mass is 636 g/mol. The zero-order valence-corrected chi connectivity index (χ0v) is 26.0. The van der Waals surface area contributed by atoms with E-state index in [0.717, 1.165) is 11.4 Å². The maximum absolute atomic E-state index is 14.0. The van der Waals surface area contributed by atoms with Gasteiger partial charge in [-0.25, -0.2) is 9.67 Å². The van der Waals surface area contributed by atoms with Crippen LogP contribution in [0.25, 0.3) is 16.9 Å². The van der Waals surface area contributed by atoms with E-state index in [9.17, 15) is 14.4 Å². The summed E-state index contributed by atoms with van der Waals surface area (Å²) in [7, 11) is 1.85. The SMILES string of the molecule is Cc1c(-c2csc(/N=C3/S/C(=C4/SCC(=O)N4c4ccccc4)C(=O)N3c3ccccc3)n2)c(=O)n(-c2ccccc2)n1C. The second kappa shape index (κ2) is 11.5. The largest absolute Gasteiger partial charge is 0.285 e. The fourth-order valence-corrected chi connectivity index (χ4v) is 8.07. The van der Waals surface area contributed by atoms with Crippen molar-refractivity contribution in [2.45, 2.75) is 6.92 Å². The smallest absolute Gasteiger partial charge is 0.281 e. The quantitative estimate of drug-likeness (QED) is 0.210. The van der Waals surface area contributed by atoms with Crippen LogP contribution in [0, 0.1) is 6.92 Å². The Morgan fingerprint density at radius 3 is 2.02 bits per heavy atom. The first-order chi connectivity index (χ1) is 21.4. The number of carbonyl (C=O) groups is 2. The van der Waals surface area contributed by atoms with E-state index in [0.29, 0.717) is 42.9 Å². The van der Waals surface area contributed by atoms with E-state index in [4.69, 9.17) is 9.98 Å². The number of aliphatic imine (C=N–C) groups is 1. The molecule has 44 heavy (non-hydrogen) atoms. The van der Waals surface area contributed by atoms with Gasteiger partial charge in [0.25, 0.3) is 11.5 Å². The van der Waals surface area contributed by atoms with E-state index in [1.54, 1.807) is 14.5 Å². The molecule has 218 valence electrons. The fourth-order valence-electron chi connectivity index (χ4n) is 5.14. The minimum absolute atomic E-state index is 0.0855. The van der Waals surface area contributed by atoms with Crippen molar-refractivity contribution >= 4 is 68.3 Å². The van der Waals surface area contributed by atoms with Crippen LogP contribution in [0.15, 0.2) is 116 Å². The van der Waals surface area contributed by atoms with Gasteiger partial charge in [0, 0.05) is 23.8 Å². The number of benzene rings is 3. The molecular weight excluding hydrogens is 613 g/mol. The Balaban J connectivity index is 1.30. The molecule has 0 spiro atoms. The molecule has 9 nitrogen and oxygen atoms in total. The van der Waals surface area contributed by atoms with Crippen LogP contribution in [0.2, 0.25) is 0 Å². The van der Waals surface area contributed by atoms with Gasteiger partial charge in [-0.05, 0) is 55.1 Å². The minimum Gasteiger partial charge on any atom is -0.285 e. The zero-order chi connectivity index (χ0) is 30.4. The number of rotatable bonds is 5. The Bertz CT molecular complexity index is 2030. The Morgan fingerprint density at radius 1 is 0.795 bits per heavy atom. The van der Waals surface area contributed by atoms with Crippen molar-refractivity contribution in [2.75, 3.05) is 15.6 Å². The average molecular weight is 637 g/mol. The molecule has 3 aromatic carbocycles. The average Bonchev–Trinajstić information content (AvgIpc) is 3.79. The predicted octanol–water partition coefficient (Wildman–Crippen LogP) is 6.32. The number of para-hydroxylation sites is 3. The maximum atomic E-state index is 14.0. The Morgan fingerprint density at radius 2 is 1.39 bits per heavy atom. The lowest BCUT2D eigenvalue weighted by Gasteiger charge is -2.18. The summed E-state index contributed by atoms with van der Waals surface area (Å²) in [6.45, 7) is 1.89. The van der Waals surface area contributed by atoms with E-state index in [1.807, 2.05) is 115 Å². The number of amides is 2. The highest BCUT2D eigenvalue weighted by Gasteiger charge is 2.42. The highest BCUT2D eigenvalue weighted by Crippen LogP contribution is 2.45. The van der Waals surface area contributed by atoms with Crippen molar-refractivity contribution in [1.82, 2.24) is 14.3 Å². The number of thiazole rings is 1. The van der Waals surface area contributed by atoms with Gasteiger partial charge >= 0.3 is 0 Å². The molecule has 0 bridgehead atoms. The number of nitrogens with zero attached hydrogens (tertiary/aromatic N) is 6. The van der Waals surface area contributed by atoms with E-state index in [-0.39, 0.29) is 23.1 Å². The molecule has 0 aliphatic carbocycles. The van der Waals surface area contributed by atoms with Gasteiger partial charge in [-0.1, -0.05) is 66.4 Å². The van der Waals surface area contributed by atoms with Gasteiger partial charge in [-0.2, -0.15) is 4.99 Å². The molecule has 5 aromatic rings. The van der Waals surface area contributed by atoms with Gasteiger partial charge in [-0.15, -0.1) is 11.3 Å². The van der Waals surface area contributed by atoms with Crippen molar-refractivity contribution in [2.24, 2.45) is 12.0 Å². The maximum Gasteiger partial charge on any atom is 0.281 e. The highest BCUT2D eigenvalue weighted by molar-refractivity contribution is 8.20. The van der Waals surface area contributed by atoms with Crippen LogP contribution in [0.1, 0.15) is 5.69 Å². The van der Waals surface area contributed by atoms with Crippen molar-refractivity contribution in [3.8, 4) is 16.9 Å². The van der Waals surface area contributed by atoms with Gasteiger partial charge in [0.05, 0.1) is 28.4 Å². The summed E-state index contributed by atoms with van der Waals surface area (Å²) in [4.78, 5) is 53.7. The number of anilines is 2. The third-order valence-corrected chi connectivity index (χ3v) is 10.2. The number of thioether (sulfide) groups is 2. The summed E-state index contributed by atoms with van der Waals surface area (Å²) in [5.41, 5.74) is 3.74. The molecule has 2 saturated heterocycles. The van der Waals surface area contributed by atoms with Crippen LogP contribution < -0.4 is 15.4 Å². The summed E-state index contributed by atoms with van der Waals surface area (Å²) < 4.78 is 3.44. The summed E-state index contributed by atoms with van der Waals surface area (Å²) in [6.07, 6.45) is 0. The first-order valence-corrected chi connectivity index (χ1v) is 16.3. The number of hydrogen-bond donors (Lipinski definition) is 0. The predicted molar refractivity (Wildman–Crippen MR) is 179 cm³/mol. The summed E-state index contributed by atoms with van der Waals surface area (Å²) in [6, 6.07) is 28.1. The van der Waals surface area contributed by atoms with Crippen molar-refractivity contribution in [1.29, 1.82) is 0 Å². The van der Waals surface area contributed by atoms with Crippen LogP contribution >= 0.6 is 34.9 Å². The molecule has 12 heteroatoms. The molecule has 2 aromatic heterocycles. The molecule has 0 saturated carbocycles. The lowest BCUT2D eigenvalue weighted by atomic mass is 10.2. The van der Waals surface area contributed by atoms with Gasteiger partial charge in [0.1, 0.15) is 9.93 Å². The molecule has 4 heterocycles. The standard InChI is InChI=1S/C32H24N6O3S3/c1-20-26(28(40)38(35(20)2)23-16-10-5-11-17-23)24-18-43-31(33-24)34-32-37(22-14-8-4-9-15-22)29(41)27(44-32)30-36(25(39)19-42-30)21-12-6-3-7-13-21/h3-18H,19H2,1-2H3/b30-27+,34-32+. The molecule has 2 aliphatic rings. The van der Waals surface area contributed by atoms with Crippen molar-refractivity contribution < 1.29 is 9.59 Å². The third-order valence-electron chi connectivity index (χ3n) is 7.28. The molecule has 0 radical (unpaired) electrons. The number of amidine groups is 1. The number of aromatic nitrogens is 3. The first-order valence-electron chi connectivity index (χ1n) is 13.6. The van der Waals surface area contributed by atoms with Gasteiger partial charge in [0.2, 0.25) is 11.0 Å². The molecule has 7 rings (SSSR count). The lowest BCUT2D eigenvalue weighted by Crippen LogP contribution is -2.30. The fraction of sp³-hybridized carbons (Fsp3) is 0.0938. The zero-order valence-electron chi connectivity index (χ0n) is 23.6. The van der Waals surface area contributed by atoms with E-state index < -0.39 is 0 Å². The van der Waals surface area contributed by atoms with Gasteiger partial charge < -0.3 is 0 Å². The molecule has 0 atom stereocenters. The molecule has 0 N–H and O–H groups in total. The Labute approximate surface area is 265 Å². The summed E-state index contributed by atoms with van der Waals surface area (Å²) in [5.74, 6) is -0.108. The normalized spacial score (nSPS) is 17.8. The lowest BCUT2D eigenvalue weighted by molar-refractivity contribution is -0.115. The highest BCUT2D eigenvalue weighted by atomic mass is 32.2. The van der Waals surface area contributed by atoms with Crippen molar-refractivity contribution in [3.63, 3.8) is 0 Å². The topological polar surface area (TPSA) is 92.8 Å². The van der Waals surface area contributed by atoms with Crippen LogP contribution in [-0.4, -0.2) is 37.1 Å². The Kier molecular flexibility index (Phi) is 7.32. The molecular formula is C32H24N6O3S3. The van der Waals surface area contributed by atoms with Crippen molar-refractivity contribution in [3.05, 3.63) is 122 Å². The van der Waals surface area contributed by atoms with E-state index in [2.05, 4.69) is 0 Å². The first kappa shape index (κ1) is 28.1. The van der Waals surface area contributed by atoms with Crippen LogP contribution in [0.5, 0.6) is 0 Å². The minimum atomic E-state index is -0.264. The molecule has 2 amide bonds. The third kappa shape index (κ3) is 4.80. The summed E-state index contributed by atoms with van der Waals surface area (Å²) >= 11 is 3.86. The van der Waals surface area contributed by atoms with Gasteiger partial charge in [-0.3, -0.25) is 28.9 Å². The number of carbonyl (C=O) groups excluding carboxylic acids is 2.